The first-order valence-electron chi connectivity index (χ1n) is 6.28. The van der Waals surface area contributed by atoms with Gasteiger partial charge in [0.25, 0.3) is 0 Å². The van der Waals surface area contributed by atoms with Crippen molar-refractivity contribution in [2.75, 3.05) is 32.7 Å². The van der Waals surface area contributed by atoms with Crippen LogP contribution in [0.5, 0.6) is 0 Å². The fourth-order valence-electron chi connectivity index (χ4n) is 1.99. The lowest BCUT2D eigenvalue weighted by Crippen LogP contribution is -2.53. The molecule has 1 saturated heterocycles. The predicted octanol–water partition coefficient (Wildman–Crippen LogP) is 0.440. The molecule has 100 valence electrons. The van der Waals surface area contributed by atoms with Crippen LogP contribution in [0.1, 0.15) is 27.2 Å². The maximum atomic E-state index is 9.69. The Kier molecular flexibility index (Phi) is 5.31. The Bertz CT molecular complexity index is 257. The molecule has 1 heterocycles. The summed E-state index contributed by atoms with van der Waals surface area (Å²) in [6.45, 7) is 10.8. The molecule has 0 aliphatic carbocycles. The summed E-state index contributed by atoms with van der Waals surface area (Å²) in [4.78, 5) is 5.29. The quantitative estimate of drug-likeness (QED) is 0.702. The van der Waals surface area contributed by atoms with Crippen molar-refractivity contribution in [3.05, 3.63) is 0 Å². The Labute approximate surface area is 110 Å². The minimum atomic E-state index is -0.566. The van der Waals surface area contributed by atoms with Gasteiger partial charge in [-0.2, -0.15) is 0 Å². The first-order valence-corrected chi connectivity index (χ1v) is 6.68. The van der Waals surface area contributed by atoms with Gasteiger partial charge in [0.1, 0.15) is 0 Å². The molecule has 0 aromatic rings. The van der Waals surface area contributed by atoms with Crippen LogP contribution in [-0.4, -0.2) is 64.3 Å². The van der Waals surface area contributed by atoms with Crippen LogP contribution in [0.3, 0.4) is 0 Å². The van der Waals surface area contributed by atoms with E-state index in [1.807, 2.05) is 13.8 Å². The average molecular weight is 259 g/mol. The summed E-state index contributed by atoms with van der Waals surface area (Å²) in [5, 5.41) is 9.69. The Balaban J connectivity index is 2.29. The van der Waals surface area contributed by atoms with E-state index in [-0.39, 0.29) is 6.04 Å². The zero-order valence-electron chi connectivity index (χ0n) is 11.1. The van der Waals surface area contributed by atoms with Crippen LogP contribution in [0.4, 0.5) is 0 Å². The van der Waals surface area contributed by atoms with E-state index in [2.05, 4.69) is 16.7 Å². The number of hydrogen-bond acceptors (Lipinski definition) is 4. The molecule has 0 bridgehead atoms. The highest BCUT2D eigenvalue weighted by Gasteiger charge is 2.23. The average Bonchev–Trinajstić information content (AvgIpc) is 2.25. The van der Waals surface area contributed by atoms with E-state index in [9.17, 15) is 5.11 Å². The van der Waals surface area contributed by atoms with Crippen molar-refractivity contribution >= 4 is 17.2 Å². The summed E-state index contributed by atoms with van der Waals surface area (Å²) in [5.41, 5.74) is 5.09. The maximum absolute atomic E-state index is 9.69. The molecule has 1 rings (SSSR count). The van der Waals surface area contributed by atoms with Gasteiger partial charge < -0.3 is 15.7 Å². The van der Waals surface area contributed by atoms with Crippen molar-refractivity contribution in [2.45, 2.75) is 38.8 Å². The number of rotatable bonds is 5. The van der Waals surface area contributed by atoms with Crippen LogP contribution >= 0.6 is 12.2 Å². The summed E-state index contributed by atoms with van der Waals surface area (Å²) in [7, 11) is 0. The molecule has 0 amide bonds. The third-order valence-corrected chi connectivity index (χ3v) is 3.75. The second-order valence-corrected chi connectivity index (χ2v) is 5.99. The van der Waals surface area contributed by atoms with Gasteiger partial charge in [0.2, 0.25) is 0 Å². The van der Waals surface area contributed by atoms with Gasteiger partial charge in [-0.05, 0) is 27.2 Å². The molecule has 1 atom stereocenters. The van der Waals surface area contributed by atoms with Crippen molar-refractivity contribution in [3.8, 4) is 0 Å². The molecule has 17 heavy (non-hydrogen) atoms. The normalized spacial score (nSPS) is 21.4. The Hall–Kier alpha value is -0.230. The van der Waals surface area contributed by atoms with Gasteiger partial charge in [0.15, 0.2) is 0 Å². The molecule has 1 aliphatic rings. The van der Waals surface area contributed by atoms with Gasteiger partial charge in [-0.1, -0.05) is 12.2 Å². The standard InChI is InChI=1S/C12H25N3OS/c1-10(11(13)17)15-8-6-14(7-9-15)5-4-12(2,3)16/h10,16H,4-9H2,1-3H3,(H2,13,17). The van der Waals surface area contributed by atoms with Crippen LogP contribution < -0.4 is 5.73 Å². The molecule has 1 aliphatic heterocycles. The maximum Gasteiger partial charge on any atom is 0.0899 e. The van der Waals surface area contributed by atoms with Crippen molar-refractivity contribution in [1.82, 2.24) is 9.80 Å². The van der Waals surface area contributed by atoms with E-state index >= 15 is 0 Å². The largest absolute Gasteiger partial charge is 0.392 e. The lowest BCUT2D eigenvalue weighted by molar-refractivity contribution is 0.0462. The number of nitrogens with two attached hydrogens (primary N) is 1. The van der Waals surface area contributed by atoms with Gasteiger partial charge in [-0.3, -0.25) is 4.90 Å². The molecule has 1 unspecified atom stereocenters. The van der Waals surface area contributed by atoms with Crippen LogP contribution in [0.15, 0.2) is 0 Å². The number of hydrogen-bond donors (Lipinski definition) is 2. The van der Waals surface area contributed by atoms with Gasteiger partial charge in [0.05, 0.1) is 16.6 Å². The van der Waals surface area contributed by atoms with E-state index < -0.39 is 5.60 Å². The highest BCUT2D eigenvalue weighted by Crippen LogP contribution is 2.11. The van der Waals surface area contributed by atoms with Crippen LogP contribution in [-0.2, 0) is 0 Å². The van der Waals surface area contributed by atoms with E-state index in [4.69, 9.17) is 18.0 Å². The predicted molar refractivity (Wildman–Crippen MR) is 75.2 cm³/mol. The SMILES string of the molecule is CC(C(N)=S)N1CCN(CCC(C)(C)O)CC1. The fraction of sp³-hybridized carbons (Fsp3) is 0.917. The highest BCUT2D eigenvalue weighted by atomic mass is 32.1. The van der Waals surface area contributed by atoms with Crippen LogP contribution in [0.25, 0.3) is 0 Å². The third kappa shape index (κ3) is 5.29. The molecule has 0 aromatic carbocycles. The number of aliphatic hydroxyl groups is 1. The Morgan fingerprint density at radius 1 is 1.35 bits per heavy atom. The Morgan fingerprint density at radius 2 is 1.88 bits per heavy atom. The van der Waals surface area contributed by atoms with E-state index in [0.29, 0.717) is 4.99 Å². The van der Waals surface area contributed by atoms with Crippen molar-refractivity contribution in [2.24, 2.45) is 5.73 Å². The van der Waals surface area contributed by atoms with Crippen molar-refractivity contribution in [1.29, 1.82) is 0 Å². The van der Waals surface area contributed by atoms with Crippen molar-refractivity contribution in [3.63, 3.8) is 0 Å². The molecule has 0 saturated carbocycles. The second kappa shape index (κ2) is 6.09. The summed E-state index contributed by atoms with van der Waals surface area (Å²) in [6, 6.07) is 0.196. The molecule has 0 spiro atoms. The highest BCUT2D eigenvalue weighted by molar-refractivity contribution is 7.80. The smallest absolute Gasteiger partial charge is 0.0899 e. The van der Waals surface area contributed by atoms with Crippen LogP contribution in [0, 0.1) is 0 Å². The second-order valence-electron chi connectivity index (χ2n) is 5.52. The lowest BCUT2D eigenvalue weighted by Gasteiger charge is -2.38. The van der Waals surface area contributed by atoms with Crippen molar-refractivity contribution < 1.29 is 5.11 Å². The first-order chi connectivity index (χ1) is 7.79. The number of thiocarbonyl (C=S) groups is 1. The van der Waals surface area contributed by atoms with Crippen LogP contribution in [0.2, 0.25) is 0 Å². The van der Waals surface area contributed by atoms with E-state index in [1.165, 1.54) is 0 Å². The van der Waals surface area contributed by atoms with Gasteiger partial charge in [0, 0.05) is 32.7 Å². The third-order valence-electron chi connectivity index (χ3n) is 3.41. The topological polar surface area (TPSA) is 52.7 Å². The molecule has 4 nitrogen and oxygen atoms in total. The number of piperazine rings is 1. The first kappa shape index (κ1) is 14.8. The van der Waals surface area contributed by atoms with E-state index in [1.54, 1.807) is 0 Å². The molecule has 0 radical (unpaired) electrons. The molecule has 3 N–H and O–H groups in total. The fourth-order valence-corrected chi connectivity index (χ4v) is 2.13. The monoisotopic (exact) mass is 259 g/mol. The molecule has 5 heteroatoms. The molecular weight excluding hydrogens is 234 g/mol. The summed E-state index contributed by atoms with van der Waals surface area (Å²) in [5.74, 6) is 0. The number of nitrogens with zero attached hydrogens (tertiary/aromatic N) is 2. The lowest BCUT2D eigenvalue weighted by atomic mass is 10.1. The zero-order valence-corrected chi connectivity index (χ0v) is 12.0. The summed E-state index contributed by atoms with van der Waals surface area (Å²) >= 11 is 5.02. The minimum absolute atomic E-state index is 0.196. The van der Waals surface area contributed by atoms with E-state index in [0.717, 1.165) is 39.1 Å². The summed E-state index contributed by atoms with van der Waals surface area (Å²) < 4.78 is 0. The summed E-state index contributed by atoms with van der Waals surface area (Å²) in [6.07, 6.45) is 0.817. The zero-order chi connectivity index (χ0) is 13.1. The van der Waals surface area contributed by atoms with Gasteiger partial charge >= 0.3 is 0 Å². The van der Waals surface area contributed by atoms with Gasteiger partial charge in [-0.25, -0.2) is 0 Å². The molecule has 1 fully saturated rings. The Morgan fingerprint density at radius 3 is 2.29 bits per heavy atom. The molecular formula is C12H25N3OS. The van der Waals surface area contributed by atoms with Gasteiger partial charge in [-0.15, -0.1) is 0 Å². The minimum Gasteiger partial charge on any atom is -0.392 e. The molecule has 0 aromatic heterocycles.